The van der Waals surface area contributed by atoms with Gasteiger partial charge in [0.25, 0.3) is 5.56 Å². The summed E-state index contributed by atoms with van der Waals surface area (Å²) in [5.41, 5.74) is 4.75. The van der Waals surface area contributed by atoms with E-state index in [0.29, 0.717) is 51.0 Å². The zero-order valence-corrected chi connectivity index (χ0v) is 29.1. The van der Waals surface area contributed by atoms with Crippen molar-refractivity contribution in [1.29, 1.82) is 0 Å². The van der Waals surface area contributed by atoms with Crippen molar-refractivity contribution in [2.24, 2.45) is 4.99 Å². The number of rotatable bonds is 11. The van der Waals surface area contributed by atoms with Crippen LogP contribution in [-0.2, 0) is 16.1 Å². The number of carbonyl (C=O) groups is 1. The second-order valence-electron chi connectivity index (χ2n) is 11.0. The number of thiazole rings is 1. The van der Waals surface area contributed by atoms with Crippen LogP contribution in [-0.4, -0.2) is 24.3 Å². The number of methoxy groups -OCH3 is 1. The molecule has 0 saturated carbocycles. The van der Waals surface area contributed by atoms with Crippen molar-refractivity contribution in [1.82, 2.24) is 4.57 Å². The largest absolute Gasteiger partial charge is 0.493 e. The highest BCUT2D eigenvalue weighted by Crippen LogP contribution is 2.35. The third-order valence-corrected chi connectivity index (χ3v) is 9.37. The Balaban J connectivity index is 1.62. The molecule has 5 rings (SSSR count). The summed E-state index contributed by atoms with van der Waals surface area (Å²) in [4.78, 5) is 33.1. The Morgan fingerprint density at radius 3 is 2.47 bits per heavy atom. The number of hydrogen-bond acceptors (Lipinski definition) is 7. The van der Waals surface area contributed by atoms with Gasteiger partial charge in [0.2, 0.25) is 0 Å². The fourth-order valence-corrected chi connectivity index (χ4v) is 7.14. The zero-order valence-electron chi connectivity index (χ0n) is 26.1. The average molecular weight is 737 g/mol. The SMILES string of the molecule is CCCC1=C(C(=O)OCC)C(c2ccc(C(C)C)cc2)n2c(s/c(=C\c3cc(I)c(OCc4ccccc4)c(OC)c3)c2=O)=N1. The molecule has 1 aromatic heterocycles. The summed E-state index contributed by atoms with van der Waals surface area (Å²) < 4.78 is 20.4. The lowest BCUT2D eigenvalue weighted by Gasteiger charge is -2.26. The van der Waals surface area contributed by atoms with Crippen molar-refractivity contribution >= 4 is 46.0 Å². The van der Waals surface area contributed by atoms with Gasteiger partial charge in [-0.25, -0.2) is 9.79 Å². The molecule has 0 saturated heterocycles. The molecular weight excluding hydrogens is 699 g/mol. The Bertz CT molecular complexity index is 1890. The molecule has 1 aliphatic rings. The van der Waals surface area contributed by atoms with Gasteiger partial charge in [-0.3, -0.25) is 9.36 Å². The van der Waals surface area contributed by atoms with E-state index in [9.17, 15) is 9.59 Å². The standard InChI is InChI=1S/C36H37IN2O5S/c1-6-11-28-31(35(41)43-7-2)32(26-16-14-25(15-17-26)22(3)4)39-34(40)30(45-36(39)38-28)20-24-18-27(37)33(29(19-24)42-5)44-21-23-12-9-8-10-13-23/h8-10,12-20,22,32H,6-7,11,21H2,1-5H3/b30-20-. The maximum Gasteiger partial charge on any atom is 0.338 e. The minimum Gasteiger partial charge on any atom is -0.493 e. The van der Waals surface area contributed by atoms with E-state index in [1.807, 2.05) is 60.7 Å². The Morgan fingerprint density at radius 2 is 1.82 bits per heavy atom. The van der Waals surface area contributed by atoms with Gasteiger partial charge < -0.3 is 14.2 Å². The summed E-state index contributed by atoms with van der Waals surface area (Å²) in [6.07, 6.45) is 3.24. The number of benzene rings is 3. The number of halogens is 1. The van der Waals surface area contributed by atoms with Gasteiger partial charge in [0.05, 0.1) is 39.1 Å². The van der Waals surface area contributed by atoms with E-state index in [4.69, 9.17) is 19.2 Å². The number of allylic oxidation sites excluding steroid dienone is 1. The molecule has 4 aromatic rings. The van der Waals surface area contributed by atoms with Crippen LogP contribution in [0.4, 0.5) is 0 Å². The third kappa shape index (κ3) is 7.09. The highest BCUT2D eigenvalue weighted by Gasteiger charge is 2.34. The summed E-state index contributed by atoms with van der Waals surface area (Å²) in [5, 5.41) is 0. The zero-order chi connectivity index (χ0) is 32.1. The molecule has 0 amide bonds. The van der Waals surface area contributed by atoms with Crippen LogP contribution < -0.4 is 24.4 Å². The molecule has 2 heterocycles. The molecule has 0 aliphatic carbocycles. The van der Waals surface area contributed by atoms with Crippen molar-refractivity contribution in [3.05, 3.63) is 124 Å². The fraction of sp³-hybridized carbons (Fsp3) is 0.306. The van der Waals surface area contributed by atoms with Crippen LogP contribution >= 0.6 is 33.9 Å². The molecular formula is C36H37IN2O5S. The van der Waals surface area contributed by atoms with Crippen LogP contribution in [0.3, 0.4) is 0 Å². The molecule has 0 radical (unpaired) electrons. The molecule has 9 heteroatoms. The van der Waals surface area contributed by atoms with Gasteiger partial charge in [-0.1, -0.05) is 93.1 Å². The molecule has 0 bridgehead atoms. The monoisotopic (exact) mass is 736 g/mol. The van der Waals surface area contributed by atoms with Crippen molar-refractivity contribution in [2.45, 2.75) is 59.1 Å². The second kappa shape index (κ2) is 14.6. The first-order valence-electron chi connectivity index (χ1n) is 15.1. The first-order valence-corrected chi connectivity index (χ1v) is 17.0. The maximum absolute atomic E-state index is 14.2. The van der Waals surface area contributed by atoms with Crippen molar-refractivity contribution in [3.8, 4) is 11.5 Å². The molecule has 234 valence electrons. The van der Waals surface area contributed by atoms with Gasteiger partial charge in [-0.05, 0) is 82.3 Å². The summed E-state index contributed by atoms with van der Waals surface area (Å²) in [7, 11) is 1.61. The van der Waals surface area contributed by atoms with Gasteiger partial charge in [0, 0.05) is 0 Å². The minimum atomic E-state index is -0.645. The Kier molecular flexibility index (Phi) is 10.6. The van der Waals surface area contributed by atoms with Crippen LogP contribution in [0.5, 0.6) is 11.5 Å². The molecule has 45 heavy (non-hydrogen) atoms. The number of nitrogens with zero attached hydrogens (tertiary/aromatic N) is 2. The predicted molar refractivity (Wildman–Crippen MR) is 187 cm³/mol. The number of hydrogen-bond donors (Lipinski definition) is 0. The van der Waals surface area contributed by atoms with E-state index in [2.05, 4.69) is 55.5 Å². The average Bonchev–Trinajstić information content (AvgIpc) is 3.34. The quantitative estimate of drug-likeness (QED) is 0.124. The number of esters is 1. The summed E-state index contributed by atoms with van der Waals surface area (Å²) in [6.45, 7) is 8.75. The Hall–Kier alpha value is -3.70. The summed E-state index contributed by atoms with van der Waals surface area (Å²) in [5.74, 6) is 1.14. The molecule has 0 spiro atoms. The van der Waals surface area contributed by atoms with Gasteiger partial charge in [0.15, 0.2) is 16.3 Å². The van der Waals surface area contributed by atoms with Crippen LogP contribution in [0.15, 0.2) is 87.8 Å². The van der Waals surface area contributed by atoms with Crippen molar-refractivity contribution < 1.29 is 19.0 Å². The fourth-order valence-electron chi connectivity index (χ4n) is 5.34. The van der Waals surface area contributed by atoms with E-state index in [1.165, 1.54) is 16.9 Å². The van der Waals surface area contributed by atoms with Crippen molar-refractivity contribution in [2.75, 3.05) is 13.7 Å². The molecule has 3 aromatic carbocycles. The maximum atomic E-state index is 14.2. The molecule has 1 aliphatic heterocycles. The minimum absolute atomic E-state index is 0.215. The first kappa shape index (κ1) is 32.7. The van der Waals surface area contributed by atoms with Gasteiger partial charge in [0.1, 0.15) is 6.61 Å². The summed E-state index contributed by atoms with van der Waals surface area (Å²) >= 11 is 3.55. The number of carbonyl (C=O) groups excluding carboxylic acids is 1. The number of fused-ring (bicyclic) bond motifs is 1. The van der Waals surface area contributed by atoms with Gasteiger partial charge >= 0.3 is 5.97 Å². The lowest BCUT2D eigenvalue weighted by atomic mass is 9.92. The Labute approximate surface area is 281 Å². The van der Waals surface area contributed by atoms with Crippen LogP contribution in [0.2, 0.25) is 0 Å². The van der Waals surface area contributed by atoms with E-state index in [1.54, 1.807) is 18.6 Å². The topological polar surface area (TPSA) is 79.1 Å². The van der Waals surface area contributed by atoms with Gasteiger partial charge in [-0.2, -0.15) is 0 Å². The molecule has 1 atom stereocenters. The first-order chi connectivity index (χ1) is 21.7. The highest BCUT2D eigenvalue weighted by molar-refractivity contribution is 14.1. The van der Waals surface area contributed by atoms with Crippen LogP contribution in [0, 0.1) is 3.57 Å². The van der Waals surface area contributed by atoms with E-state index in [-0.39, 0.29) is 12.2 Å². The van der Waals surface area contributed by atoms with E-state index < -0.39 is 12.0 Å². The highest BCUT2D eigenvalue weighted by atomic mass is 127. The second-order valence-corrected chi connectivity index (χ2v) is 13.2. The molecule has 7 nitrogen and oxygen atoms in total. The van der Waals surface area contributed by atoms with E-state index in [0.717, 1.165) is 26.7 Å². The lowest BCUT2D eigenvalue weighted by Crippen LogP contribution is -2.40. The smallest absolute Gasteiger partial charge is 0.338 e. The molecule has 0 N–H and O–H groups in total. The predicted octanol–water partition coefficient (Wildman–Crippen LogP) is 6.89. The number of ether oxygens (including phenoxy) is 3. The number of aromatic nitrogens is 1. The van der Waals surface area contributed by atoms with Crippen LogP contribution in [0.1, 0.15) is 74.8 Å². The third-order valence-electron chi connectivity index (χ3n) is 7.59. The van der Waals surface area contributed by atoms with Gasteiger partial charge in [-0.15, -0.1) is 0 Å². The van der Waals surface area contributed by atoms with E-state index >= 15 is 0 Å². The Morgan fingerprint density at radius 1 is 1.09 bits per heavy atom. The normalized spacial score (nSPS) is 14.7. The molecule has 1 unspecified atom stereocenters. The summed E-state index contributed by atoms with van der Waals surface area (Å²) in [6, 6.07) is 21.3. The molecule has 0 fully saturated rings. The lowest BCUT2D eigenvalue weighted by molar-refractivity contribution is -0.139. The van der Waals surface area contributed by atoms with Crippen molar-refractivity contribution in [3.63, 3.8) is 0 Å². The van der Waals surface area contributed by atoms with Crippen LogP contribution in [0.25, 0.3) is 6.08 Å².